The molecule has 18 heavy (non-hydrogen) atoms. The summed E-state index contributed by atoms with van der Waals surface area (Å²) in [7, 11) is 1.60. The molecule has 2 rings (SSSR count). The maximum Gasteiger partial charge on any atom is 0.169 e. The average molecular weight is 264 g/mol. The molecule has 0 spiro atoms. The number of methoxy groups -OCH3 is 1. The molecule has 0 saturated heterocycles. The van der Waals surface area contributed by atoms with Crippen molar-refractivity contribution in [1.82, 2.24) is 0 Å². The molecule has 4 heteroatoms. The van der Waals surface area contributed by atoms with Crippen LogP contribution in [0.1, 0.15) is 5.56 Å². The Bertz CT molecular complexity index is 570. The second-order valence-electron chi connectivity index (χ2n) is 3.91. The van der Waals surface area contributed by atoms with Gasteiger partial charge in [-0.3, -0.25) is 0 Å². The molecule has 2 aromatic rings. The zero-order valence-corrected chi connectivity index (χ0v) is 11.0. The van der Waals surface area contributed by atoms with Gasteiger partial charge in [-0.25, -0.2) is 0 Å². The Hall–Kier alpha value is -1.87. The molecule has 94 valence electrons. The van der Waals surface area contributed by atoms with Crippen molar-refractivity contribution >= 4 is 17.3 Å². The number of para-hydroxylation sites is 1. The topological polar surface area (TPSA) is 44.5 Å². The molecule has 2 N–H and O–H groups in total. The fourth-order valence-corrected chi connectivity index (χ4v) is 1.75. The number of ether oxygens (including phenoxy) is 2. The van der Waals surface area contributed by atoms with Gasteiger partial charge in [-0.05, 0) is 36.8 Å². The molecule has 0 aliphatic carbocycles. The maximum absolute atomic E-state index is 5.94. The highest BCUT2D eigenvalue weighted by Crippen LogP contribution is 2.37. The van der Waals surface area contributed by atoms with Crippen LogP contribution in [0.3, 0.4) is 0 Å². The second kappa shape index (κ2) is 5.19. The third-order valence-corrected chi connectivity index (χ3v) is 2.88. The molecule has 0 heterocycles. The van der Waals surface area contributed by atoms with Crippen LogP contribution >= 0.6 is 11.6 Å². The molecule has 0 fully saturated rings. The zero-order chi connectivity index (χ0) is 13.1. The average Bonchev–Trinajstić information content (AvgIpc) is 2.37. The van der Waals surface area contributed by atoms with E-state index in [0.717, 1.165) is 5.56 Å². The van der Waals surface area contributed by atoms with Gasteiger partial charge in [0, 0.05) is 0 Å². The molecule has 2 aromatic carbocycles. The maximum atomic E-state index is 5.94. The quantitative estimate of drug-likeness (QED) is 0.851. The molecular weight excluding hydrogens is 250 g/mol. The lowest BCUT2D eigenvalue weighted by Gasteiger charge is -2.12. The van der Waals surface area contributed by atoms with Crippen molar-refractivity contribution in [3.63, 3.8) is 0 Å². The number of hydrogen-bond acceptors (Lipinski definition) is 3. The first kappa shape index (κ1) is 12.6. The lowest BCUT2D eigenvalue weighted by atomic mass is 10.2. The number of halogens is 1. The van der Waals surface area contributed by atoms with Crippen molar-refractivity contribution in [1.29, 1.82) is 0 Å². The molecule has 3 nitrogen and oxygen atoms in total. The Labute approximate surface area is 111 Å². The van der Waals surface area contributed by atoms with Gasteiger partial charge in [-0.15, -0.1) is 0 Å². The smallest absolute Gasteiger partial charge is 0.169 e. The Kier molecular flexibility index (Phi) is 3.63. The van der Waals surface area contributed by atoms with Gasteiger partial charge < -0.3 is 15.2 Å². The van der Waals surface area contributed by atoms with Gasteiger partial charge in [0.15, 0.2) is 17.2 Å². The summed E-state index contributed by atoms with van der Waals surface area (Å²) in [5, 5.41) is 0.471. The first-order valence-electron chi connectivity index (χ1n) is 5.48. The van der Waals surface area contributed by atoms with Gasteiger partial charge in [0.1, 0.15) is 0 Å². The minimum Gasteiger partial charge on any atom is -0.493 e. The van der Waals surface area contributed by atoms with Crippen molar-refractivity contribution in [3.8, 4) is 17.2 Å². The summed E-state index contributed by atoms with van der Waals surface area (Å²) < 4.78 is 11.0. The number of aryl methyl sites for hydroxylation is 1. The highest BCUT2D eigenvalue weighted by atomic mass is 35.5. The molecule has 0 saturated carbocycles. The van der Waals surface area contributed by atoms with Crippen LogP contribution in [0.15, 0.2) is 36.4 Å². The van der Waals surface area contributed by atoms with Gasteiger partial charge in [0.05, 0.1) is 17.8 Å². The van der Waals surface area contributed by atoms with Crippen molar-refractivity contribution < 1.29 is 9.47 Å². The number of rotatable bonds is 3. The van der Waals surface area contributed by atoms with E-state index in [4.69, 9.17) is 26.8 Å². The fraction of sp³-hybridized carbons (Fsp3) is 0.143. The van der Waals surface area contributed by atoms with E-state index < -0.39 is 0 Å². The SMILES string of the molecule is COc1cc(C)ccc1Oc1cccc(Cl)c1N. The van der Waals surface area contributed by atoms with Gasteiger partial charge in [-0.1, -0.05) is 23.7 Å². The van der Waals surface area contributed by atoms with E-state index >= 15 is 0 Å². The number of benzene rings is 2. The first-order valence-corrected chi connectivity index (χ1v) is 5.86. The van der Waals surface area contributed by atoms with Crippen LogP contribution in [0, 0.1) is 6.92 Å². The molecule has 0 aromatic heterocycles. The third-order valence-electron chi connectivity index (χ3n) is 2.55. The van der Waals surface area contributed by atoms with Crippen LogP contribution in [-0.4, -0.2) is 7.11 Å². The van der Waals surface area contributed by atoms with E-state index in [0.29, 0.717) is 28.0 Å². The highest BCUT2D eigenvalue weighted by Gasteiger charge is 2.09. The summed E-state index contributed by atoms with van der Waals surface area (Å²) in [5.41, 5.74) is 7.37. The molecular formula is C14H14ClNO2. The van der Waals surface area contributed by atoms with Gasteiger partial charge in [-0.2, -0.15) is 0 Å². The van der Waals surface area contributed by atoms with Crippen LogP contribution in [0.2, 0.25) is 5.02 Å². The predicted molar refractivity (Wildman–Crippen MR) is 73.7 cm³/mol. The zero-order valence-electron chi connectivity index (χ0n) is 10.2. The van der Waals surface area contributed by atoms with Crippen LogP contribution in [0.5, 0.6) is 17.2 Å². The third kappa shape index (κ3) is 2.51. The van der Waals surface area contributed by atoms with E-state index in [1.807, 2.05) is 25.1 Å². The Morgan fingerprint density at radius 2 is 1.83 bits per heavy atom. The summed E-state index contributed by atoms with van der Waals surface area (Å²) in [6.45, 7) is 1.99. The normalized spacial score (nSPS) is 10.2. The van der Waals surface area contributed by atoms with E-state index in [9.17, 15) is 0 Å². The molecule has 0 unspecified atom stereocenters. The summed E-state index contributed by atoms with van der Waals surface area (Å²) >= 11 is 5.94. The Morgan fingerprint density at radius 1 is 1.06 bits per heavy atom. The molecule has 0 amide bonds. The van der Waals surface area contributed by atoms with Crippen molar-refractivity contribution in [2.45, 2.75) is 6.92 Å². The van der Waals surface area contributed by atoms with Crippen molar-refractivity contribution in [3.05, 3.63) is 47.0 Å². The van der Waals surface area contributed by atoms with Crippen LogP contribution in [0.4, 0.5) is 5.69 Å². The summed E-state index contributed by atoms with van der Waals surface area (Å²) in [5.74, 6) is 1.79. The van der Waals surface area contributed by atoms with E-state index in [-0.39, 0.29) is 0 Å². The number of nitrogen functional groups attached to an aromatic ring is 1. The minimum atomic E-state index is 0.418. The number of nitrogens with two attached hydrogens (primary N) is 1. The van der Waals surface area contributed by atoms with Crippen LogP contribution < -0.4 is 15.2 Å². The van der Waals surface area contributed by atoms with Crippen molar-refractivity contribution in [2.75, 3.05) is 12.8 Å². The van der Waals surface area contributed by atoms with E-state index in [1.165, 1.54) is 0 Å². The number of anilines is 1. The van der Waals surface area contributed by atoms with Crippen LogP contribution in [0.25, 0.3) is 0 Å². The summed E-state index contributed by atoms with van der Waals surface area (Å²) in [6, 6.07) is 11.0. The molecule has 0 bridgehead atoms. The summed E-state index contributed by atoms with van der Waals surface area (Å²) in [4.78, 5) is 0. The Balaban J connectivity index is 2.37. The Morgan fingerprint density at radius 3 is 2.56 bits per heavy atom. The standard InChI is InChI=1S/C14H14ClNO2/c1-9-6-7-11(13(8-9)17-2)18-12-5-3-4-10(15)14(12)16/h3-8H,16H2,1-2H3. The van der Waals surface area contributed by atoms with Crippen LogP contribution in [-0.2, 0) is 0 Å². The molecule has 0 atom stereocenters. The van der Waals surface area contributed by atoms with Gasteiger partial charge >= 0.3 is 0 Å². The van der Waals surface area contributed by atoms with Crippen molar-refractivity contribution in [2.24, 2.45) is 0 Å². The van der Waals surface area contributed by atoms with E-state index in [1.54, 1.807) is 25.3 Å². The van der Waals surface area contributed by atoms with E-state index in [2.05, 4.69) is 0 Å². The fourth-order valence-electron chi connectivity index (χ4n) is 1.58. The number of hydrogen-bond donors (Lipinski definition) is 1. The van der Waals surface area contributed by atoms with Gasteiger partial charge in [0.25, 0.3) is 0 Å². The lowest BCUT2D eigenvalue weighted by Crippen LogP contribution is -1.95. The first-order chi connectivity index (χ1) is 8.61. The second-order valence-corrected chi connectivity index (χ2v) is 4.32. The minimum absolute atomic E-state index is 0.418. The predicted octanol–water partition coefficient (Wildman–Crippen LogP) is 4.03. The largest absolute Gasteiger partial charge is 0.493 e. The highest BCUT2D eigenvalue weighted by molar-refractivity contribution is 6.33. The lowest BCUT2D eigenvalue weighted by molar-refractivity contribution is 0.379. The monoisotopic (exact) mass is 263 g/mol. The molecule has 0 aliphatic heterocycles. The molecule has 0 aliphatic rings. The molecule has 0 radical (unpaired) electrons. The van der Waals surface area contributed by atoms with Gasteiger partial charge in [0.2, 0.25) is 0 Å². The summed E-state index contributed by atoms with van der Waals surface area (Å²) in [6.07, 6.45) is 0.